The normalized spacial score (nSPS) is 10.0. The van der Waals surface area contributed by atoms with Crippen LogP contribution in [0.25, 0.3) is 0 Å². The first-order chi connectivity index (χ1) is 2.77. The van der Waals surface area contributed by atoms with Crippen LogP contribution in [0.1, 0.15) is 0 Å². The molecule has 3 heteroatoms. The minimum absolute atomic E-state index is 0.247. The Hall–Kier alpha value is 0.137. The molecule has 0 aromatic rings. The van der Waals surface area contributed by atoms with Crippen LogP contribution >= 0.6 is 0 Å². The molecule has 0 bridgehead atoms. The van der Waals surface area contributed by atoms with E-state index >= 15 is 0 Å². The van der Waals surface area contributed by atoms with Crippen LogP contribution in [0.3, 0.4) is 0 Å². The molecule has 0 fully saturated rings. The number of hydrogen-bond donors (Lipinski definition) is 2. The van der Waals surface area contributed by atoms with Gasteiger partial charge in [-0.15, -0.1) is 0 Å². The van der Waals surface area contributed by atoms with E-state index in [0.29, 0.717) is 0 Å². The molecule has 0 aliphatic carbocycles. The Kier molecular flexibility index (Phi) is 3.41. The van der Waals surface area contributed by atoms with E-state index in [4.69, 9.17) is 0 Å². The van der Waals surface area contributed by atoms with Crippen LogP contribution in [-0.2, 0) is 0 Å². The molecular weight excluding hydrogens is 92.1 g/mol. The van der Waals surface area contributed by atoms with Crippen molar-refractivity contribution in [2.75, 3.05) is 7.05 Å². The molecule has 37 valence electrons. The molecule has 0 spiro atoms. The molecular formula is C3H11N2Si. The van der Waals surface area contributed by atoms with E-state index in [-0.39, 0.29) is 8.96 Å². The van der Waals surface area contributed by atoms with Gasteiger partial charge in [-0.2, -0.15) is 0 Å². The monoisotopic (exact) mass is 103 g/mol. The fraction of sp³-hybridized carbons (Fsp3) is 1.00. The molecule has 0 atom stereocenters. The van der Waals surface area contributed by atoms with E-state index in [1.165, 1.54) is 0 Å². The van der Waals surface area contributed by atoms with Crippen molar-refractivity contribution >= 4 is 8.96 Å². The van der Waals surface area contributed by atoms with Crippen molar-refractivity contribution in [2.24, 2.45) is 0 Å². The third kappa shape index (κ3) is 4.14. The summed E-state index contributed by atoms with van der Waals surface area (Å²) in [5.74, 6) is 0. The molecule has 0 aromatic heterocycles. The van der Waals surface area contributed by atoms with Crippen molar-refractivity contribution in [3.63, 3.8) is 0 Å². The van der Waals surface area contributed by atoms with E-state index in [0.717, 1.165) is 0 Å². The molecule has 0 saturated heterocycles. The summed E-state index contributed by atoms with van der Waals surface area (Å²) in [4.78, 5) is 0. The van der Waals surface area contributed by atoms with Gasteiger partial charge in [-0.3, -0.25) is 10.5 Å². The van der Waals surface area contributed by atoms with Crippen molar-refractivity contribution < 1.29 is 0 Å². The van der Waals surface area contributed by atoms with Crippen molar-refractivity contribution in [1.82, 2.24) is 10.5 Å². The molecule has 6 heavy (non-hydrogen) atoms. The number of hydrogen-bond acceptors (Lipinski definition) is 2. The molecule has 0 rings (SSSR count). The summed E-state index contributed by atoms with van der Waals surface area (Å²) in [5, 5.41) is 3.06. The summed E-state index contributed by atoms with van der Waals surface area (Å²) >= 11 is 0. The Morgan fingerprint density at radius 3 is 1.83 bits per heavy atom. The van der Waals surface area contributed by atoms with Gasteiger partial charge in [0.2, 0.25) is 0 Å². The van der Waals surface area contributed by atoms with E-state index in [1.54, 1.807) is 0 Å². The molecule has 0 saturated carbocycles. The van der Waals surface area contributed by atoms with Crippen LogP contribution in [-0.4, -0.2) is 16.0 Å². The van der Waals surface area contributed by atoms with Gasteiger partial charge in [-0.1, -0.05) is 13.1 Å². The van der Waals surface area contributed by atoms with Gasteiger partial charge in [0.05, 0.1) is 0 Å². The fourth-order valence-electron chi connectivity index (χ4n) is 0.250. The van der Waals surface area contributed by atoms with Crippen LogP contribution in [0.15, 0.2) is 0 Å². The zero-order valence-electron chi connectivity index (χ0n) is 4.50. The van der Waals surface area contributed by atoms with E-state index < -0.39 is 0 Å². The number of nitrogens with one attached hydrogen (secondary N) is 2. The first kappa shape index (κ1) is 6.14. The maximum absolute atomic E-state index is 3.06. The third-order valence-electron chi connectivity index (χ3n) is 0.375. The average Bonchev–Trinajstić information content (AvgIpc) is 1.35. The first-order valence-electron chi connectivity index (χ1n) is 2.00. The molecule has 2 nitrogen and oxygen atoms in total. The van der Waals surface area contributed by atoms with Crippen molar-refractivity contribution in [3.8, 4) is 0 Å². The summed E-state index contributed by atoms with van der Waals surface area (Å²) in [5.41, 5.74) is 2.86. The Morgan fingerprint density at radius 2 is 1.83 bits per heavy atom. The molecule has 0 aromatic carbocycles. The fourth-order valence-corrected chi connectivity index (χ4v) is 0.750. The van der Waals surface area contributed by atoms with Crippen LogP contribution < -0.4 is 10.5 Å². The summed E-state index contributed by atoms with van der Waals surface area (Å²) < 4.78 is 0. The quantitative estimate of drug-likeness (QED) is 0.378. The van der Waals surface area contributed by atoms with E-state index in [2.05, 4.69) is 23.6 Å². The van der Waals surface area contributed by atoms with Gasteiger partial charge in [-0.05, 0) is 7.05 Å². The van der Waals surface area contributed by atoms with Gasteiger partial charge < -0.3 is 0 Å². The number of hydrazine groups is 1. The molecule has 0 aliphatic rings. The second kappa shape index (κ2) is 3.33. The Labute approximate surface area is 40.6 Å². The lowest BCUT2D eigenvalue weighted by atomic mass is 11.5. The highest BCUT2D eigenvalue weighted by atomic mass is 28.3. The third-order valence-corrected chi connectivity index (χ3v) is 1.12. The van der Waals surface area contributed by atoms with Crippen molar-refractivity contribution in [2.45, 2.75) is 13.1 Å². The van der Waals surface area contributed by atoms with Gasteiger partial charge in [0.15, 0.2) is 0 Å². The molecule has 2 N–H and O–H groups in total. The van der Waals surface area contributed by atoms with Crippen molar-refractivity contribution in [3.05, 3.63) is 0 Å². The zero-order valence-corrected chi connectivity index (χ0v) is 5.50. The van der Waals surface area contributed by atoms with Crippen LogP contribution in [0, 0.1) is 0 Å². The molecule has 0 unspecified atom stereocenters. The van der Waals surface area contributed by atoms with Gasteiger partial charge in [-0.25, -0.2) is 0 Å². The van der Waals surface area contributed by atoms with Gasteiger partial charge in [0, 0.05) is 0 Å². The highest BCUT2D eigenvalue weighted by molar-refractivity contribution is 6.52. The lowest BCUT2D eigenvalue weighted by Gasteiger charge is -2.00. The highest BCUT2D eigenvalue weighted by Gasteiger charge is 1.86. The van der Waals surface area contributed by atoms with Gasteiger partial charge in [0.25, 0.3) is 0 Å². The summed E-state index contributed by atoms with van der Waals surface area (Å²) in [7, 11) is 1.64. The van der Waals surface area contributed by atoms with Crippen LogP contribution in [0.4, 0.5) is 0 Å². The van der Waals surface area contributed by atoms with E-state index in [1.807, 2.05) is 7.05 Å². The second-order valence-electron chi connectivity index (χ2n) is 1.38. The Morgan fingerprint density at radius 1 is 1.33 bits per heavy atom. The smallest absolute Gasteiger partial charge is 0.144 e. The average molecular weight is 103 g/mol. The maximum atomic E-state index is 3.06. The van der Waals surface area contributed by atoms with Gasteiger partial charge in [0.1, 0.15) is 8.96 Å². The highest BCUT2D eigenvalue weighted by Crippen LogP contribution is 1.62. The first-order valence-corrected chi connectivity index (χ1v) is 4.50. The zero-order chi connectivity index (χ0) is 4.99. The molecule has 1 radical (unpaired) electrons. The number of rotatable bonds is 2. The Balaban J connectivity index is 2.63. The predicted octanol–water partition coefficient (Wildman–Crippen LogP) is -0.0385. The predicted molar refractivity (Wildman–Crippen MR) is 29.7 cm³/mol. The van der Waals surface area contributed by atoms with Crippen LogP contribution in [0.5, 0.6) is 0 Å². The molecule has 0 heterocycles. The van der Waals surface area contributed by atoms with Crippen LogP contribution in [0.2, 0.25) is 13.1 Å². The molecule has 0 amide bonds. The second-order valence-corrected chi connectivity index (χ2v) is 3.62. The summed E-state index contributed by atoms with van der Waals surface area (Å²) in [6.45, 7) is 4.36. The summed E-state index contributed by atoms with van der Waals surface area (Å²) in [6.07, 6.45) is 0. The SMILES string of the molecule is CNN[Si](C)C. The standard InChI is InChI=1S/C3H11N2Si/c1-4-5-6(2)3/h4-5H,1-3H3. The minimum atomic E-state index is -0.247. The van der Waals surface area contributed by atoms with Gasteiger partial charge >= 0.3 is 0 Å². The minimum Gasteiger partial charge on any atom is -0.281 e. The topological polar surface area (TPSA) is 24.1 Å². The lowest BCUT2D eigenvalue weighted by molar-refractivity contribution is 0.784. The maximum Gasteiger partial charge on any atom is 0.144 e. The lowest BCUT2D eigenvalue weighted by Crippen LogP contribution is -2.37. The Bertz CT molecular complexity index is 30.0. The van der Waals surface area contributed by atoms with Crippen molar-refractivity contribution in [1.29, 1.82) is 0 Å². The largest absolute Gasteiger partial charge is 0.281 e. The summed E-state index contributed by atoms with van der Waals surface area (Å²) in [6, 6.07) is 0. The van der Waals surface area contributed by atoms with E-state index in [9.17, 15) is 0 Å². The molecule has 0 aliphatic heterocycles.